The molecule has 1 fully saturated rings. The van der Waals surface area contributed by atoms with Gasteiger partial charge < -0.3 is 10.4 Å². The Kier molecular flexibility index (Phi) is 9.56. The van der Waals surface area contributed by atoms with Crippen LogP contribution >= 0.6 is 0 Å². The van der Waals surface area contributed by atoms with Crippen LogP contribution in [0.5, 0.6) is 0 Å². The summed E-state index contributed by atoms with van der Waals surface area (Å²) in [6.45, 7) is 0.127. The summed E-state index contributed by atoms with van der Waals surface area (Å²) in [5.41, 5.74) is 0.941. The van der Waals surface area contributed by atoms with Crippen molar-refractivity contribution in [2.75, 3.05) is 13.2 Å². The summed E-state index contributed by atoms with van der Waals surface area (Å²) < 4.78 is 0. The minimum atomic E-state index is -0.986. The van der Waals surface area contributed by atoms with Crippen molar-refractivity contribution in [1.82, 2.24) is 15.5 Å². The number of benzene rings is 1. The van der Waals surface area contributed by atoms with Gasteiger partial charge in [-0.15, -0.1) is 0 Å². The number of nitrogens with zero attached hydrogens (tertiary/aromatic N) is 1. The highest BCUT2D eigenvalue weighted by atomic mass is 16.3. The zero-order chi connectivity index (χ0) is 25.2. The minimum Gasteiger partial charge on any atom is -0.387 e. The molecule has 0 aromatic heterocycles. The molecule has 3 rings (SSSR count). The minimum absolute atomic E-state index is 0.0827. The number of carbonyl (C=O) groups is 5. The number of unbranched alkanes of at least 4 members (excludes halogenated alkanes) is 7. The largest absolute Gasteiger partial charge is 0.387 e. The van der Waals surface area contributed by atoms with Crippen LogP contribution in [0, 0.1) is 11.8 Å². The molecule has 5 amide bonds. The first-order valence-electron chi connectivity index (χ1n) is 12.1. The van der Waals surface area contributed by atoms with Crippen LogP contribution in [0.3, 0.4) is 0 Å². The molecule has 1 aromatic rings. The van der Waals surface area contributed by atoms with E-state index in [0.29, 0.717) is 18.5 Å². The van der Waals surface area contributed by atoms with Crippen molar-refractivity contribution >= 4 is 29.5 Å². The third-order valence-corrected chi connectivity index (χ3v) is 6.14. The van der Waals surface area contributed by atoms with Crippen LogP contribution in [0.2, 0.25) is 0 Å². The van der Waals surface area contributed by atoms with E-state index in [2.05, 4.69) is 22.5 Å². The van der Waals surface area contributed by atoms with Crippen LogP contribution in [-0.2, 0) is 14.4 Å². The van der Waals surface area contributed by atoms with Gasteiger partial charge >= 0.3 is 0 Å². The van der Waals surface area contributed by atoms with E-state index in [1.165, 1.54) is 0 Å². The second-order valence-corrected chi connectivity index (χ2v) is 8.71. The summed E-state index contributed by atoms with van der Waals surface area (Å²) >= 11 is 0. The number of piperidine rings is 1. The lowest BCUT2D eigenvalue weighted by Gasteiger charge is -2.27. The average molecular weight is 482 g/mol. The standard InChI is InChI=1S/C26H31N3O6/c30-17-22(32)27-16-9-7-5-3-1-2-4-6-8-11-18-12-10-13-19-23(18)26(35)29(25(19)34)20-14-15-21(31)28-24(20)33/h10,12-13,20,30H,1-7,9,14-17H2,(H,27,32)(H,28,31,33). The van der Waals surface area contributed by atoms with E-state index in [1.807, 2.05) is 0 Å². The topological polar surface area (TPSA) is 133 Å². The van der Waals surface area contributed by atoms with Crippen LogP contribution in [-0.4, -0.2) is 58.7 Å². The third-order valence-electron chi connectivity index (χ3n) is 6.14. The molecule has 9 nitrogen and oxygen atoms in total. The fourth-order valence-corrected chi connectivity index (χ4v) is 4.28. The molecular weight excluding hydrogens is 450 g/mol. The Bertz CT molecular complexity index is 1050. The van der Waals surface area contributed by atoms with Gasteiger partial charge in [0, 0.05) is 24.9 Å². The quantitative estimate of drug-likeness (QED) is 0.250. The van der Waals surface area contributed by atoms with Gasteiger partial charge in [0.05, 0.1) is 11.1 Å². The smallest absolute Gasteiger partial charge is 0.263 e. The lowest BCUT2D eigenvalue weighted by atomic mass is 10.0. The molecule has 35 heavy (non-hydrogen) atoms. The number of aliphatic hydroxyl groups excluding tert-OH is 1. The Balaban J connectivity index is 1.44. The maximum absolute atomic E-state index is 13.0. The van der Waals surface area contributed by atoms with Crippen LogP contribution in [0.1, 0.15) is 90.5 Å². The number of aliphatic hydroxyl groups is 1. The van der Waals surface area contributed by atoms with Gasteiger partial charge in [0.15, 0.2) is 0 Å². The summed E-state index contributed by atoms with van der Waals surface area (Å²) in [5, 5.41) is 13.5. The van der Waals surface area contributed by atoms with E-state index in [-0.39, 0.29) is 29.9 Å². The molecule has 0 saturated carbocycles. The van der Waals surface area contributed by atoms with Gasteiger partial charge in [0.25, 0.3) is 11.8 Å². The molecule has 2 aliphatic heterocycles. The third kappa shape index (κ3) is 6.76. The van der Waals surface area contributed by atoms with E-state index in [1.54, 1.807) is 18.2 Å². The number of rotatable bonds is 11. The molecule has 0 radical (unpaired) electrons. The molecule has 0 bridgehead atoms. The van der Waals surface area contributed by atoms with Gasteiger partial charge in [-0.3, -0.25) is 34.2 Å². The second-order valence-electron chi connectivity index (χ2n) is 8.71. The van der Waals surface area contributed by atoms with E-state index in [4.69, 9.17) is 5.11 Å². The predicted molar refractivity (Wildman–Crippen MR) is 127 cm³/mol. The summed E-state index contributed by atoms with van der Waals surface area (Å²) in [5.74, 6) is 3.67. The van der Waals surface area contributed by atoms with Gasteiger partial charge in [0.1, 0.15) is 12.6 Å². The summed E-state index contributed by atoms with van der Waals surface area (Å²) in [6, 6.07) is 3.96. The first kappa shape index (κ1) is 26.1. The normalized spacial score (nSPS) is 17.1. The zero-order valence-corrected chi connectivity index (χ0v) is 19.7. The average Bonchev–Trinajstić information content (AvgIpc) is 3.10. The molecular formula is C26H31N3O6. The van der Waals surface area contributed by atoms with E-state index in [0.717, 1.165) is 49.8 Å². The number of hydrogen-bond acceptors (Lipinski definition) is 6. The highest BCUT2D eigenvalue weighted by Crippen LogP contribution is 2.29. The highest BCUT2D eigenvalue weighted by molar-refractivity contribution is 6.24. The van der Waals surface area contributed by atoms with E-state index in [9.17, 15) is 24.0 Å². The molecule has 1 unspecified atom stereocenters. The molecule has 0 aliphatic carbocycles. The number of amides is 5. The van der Waals surface area contributed by atoms with Gasteiger partial charge in [-0.25, -0.2) is 0 Å². The fraction of sp³-hybridized carbons (Fsp3) is 0.500. The van der Waals surface area contributed by atoms with Crippen molar-refractivity contribution in [3.63, 3.8) is 0 Å². The highest BCUT2D eigenvalue weighted by Gasteiger charge is 2.45. The predicted octanol–water partition coefficient (Wildman–Crippen LogP) is 1.67. The van der Waals surface area contributed by atoms with Crippen molar-refractivity contribution in [2.24, 2.45) is 0 Å². The van der Waals surface area contributed by atoms with Crippen LogP contribution in [0.4, 0.5) is 0 Å². The Hall–Kier alpha value is -3.51. The number of hydrogen-bond donors (Lipinski definition) is 3. The van der Waals surface area contributed by atoms with E-state index >= 15 is 0 Å². The SMILES string of the molecule is O=C(CO)NCCCCCCCCCC#Cc1cccc2c1C(=O)N(C1CCC(=O)NC1=O)C2=O. The summed E-state index contributed by atoms with van der Waals surface area (Å²) in [6.07, 6.45) is 8.10. The Morgan fingerprint density at radius 1 is 1.03 bits per heavy atom. The maximum Gasteiger partial charge on any atom is 0.263 e. The number of fused-ring (bicyclic) bond motifs is 1. The van der Waals surface area contributed by atoms with Gasteiger partial charge in [0.2, 0.25) is 17.7 Å². The number of imide groups is 2. The second kappa shape index (κ2) is 12.8. The Morgan fingerprint density at radius 2 is 1.74 bits per heavy atom. The lowest BCUT2D eigenvalue weighted by Crippen LogP contribution is -2.54. The molecule has 186 valence electrons. The molecule has 1 aromatic carbocycles. The summed E-state index contributed by atoms with van der Waals surface area (Å²) in [4.78, 5) is 61.4. The first-order chi connectivity index (χ1) is 16.9. The molecule has 0 spiro atoms. The van der Waals surface area contributed by atoms with Gasteiger partial charge in [-0.1, -0.05) is 50.0 Å². The van der Waals surface area contributed by atoms with Crippen molar-refractivity contribution in [3.8, 4) is 11.8 Å². The molecule has 1 atom stereocenters. The van der Waals surface area contributed by atoms with Gasteiger partial charge in [-0.05, 0) is 31.4 Å². The molecule has 2 heterocycles. The number of carbonyl (C=O) groups excluding carboxylic acids is 5. The van der Waals surface area contributed by atoms with Crippen molar-refractivity contribution in [3.05, 3.63) is 34.9 Å². The van der Waals surface area contributed by atoms with E-state index < -0.39 is 36.3 Å². The van der Waals surface area contributed by atoms with Gasteiger partial charge in [-0.2, -0.15) is 0 Å². The molecule has 9 heteroatoms. The van der Waals surface area contributed by atoms with Crippen molar-refractivity contribution in [2.45, 2.75) is 70.3 Å². The van der Waals surface area contributed by atoms with Crippen LogP contribution in [0.15, 0.2) is 18.2 Å². The van der Waals surface area contributed by atoms with Crippen LogP contribution < -0.4 is 10.6 Å². The molecule has 1 saturated heterocycles. The molecule has 3 N–H and O–H groups in total. The lowest BCUT2D eigenvalue weighted by molar-refractivity contribution is -0.136. The zero-order valence-electron chi connectivity index (χ0n) is 19.7. The maximum atomic E-state index is 13.0. The monoisotopic (exact) mass is 481 g/mol. The molecule has 2 aliphatic rings. The summed E-state index contributed by atoms with van der Waals surface area (Å²) in [7, 11) is 0. The fourth-order valence-electron chi connectivity index (χ4n) is 4.28. The first-order valence-corrected chi connectivity index (χ1v) is 12.1. The van der Waals surface area contributed by atoms with Crippen molar-refractivity contribution < 1.29 is 29.1 Å². The Morgan fingerprint density at radius 3 is 2.46 bits per heavy atom. The van der Waals surface area contributed by atoms with Crippen LogP contribution in [0.25, 0.3) is 0 Å². The number of nitrogens with one attached hydrogen (secondary N) is 2. The Labute approximate surface area is 204 Å². The van der Waals surface area contributed by atoms with Crippen molar-refractivity contribution in [1.29, 1.82) is 0 Å².